The first-order valence-electron chi connectivity index (χ1n) is 5.52. The van der Waals surface area contributed by atoms with Crippen LogP contribution in [0.4, 0.5) is 8.78 Å². The fourth-order valence-corrected chi connectivity index (χ4v) is 2.82. The number of rotatable bonds is 4. The summed E-state index contributed by atoms with van der Waals surface area (Å²) >= 11 is 0. The van der Waals surface area contributed by atoms with E-state index in [0.29, 0.717) is 0 Å². The Morgan fingerprint density at radius 2 is 1.80 bits per heavy atom. The Hall–Kier alpha value is -0.670. The van der Waals surface area contributed by atoms with Gasteiger partial charge in [-0.2, -0.15) is 0 Å². The number of nitrogens with one attached hydrogen (secondary N) is 1. The van der Waals surface area contributed by atoms with Crippen LogP contribution in [0, 0.1) is 11.3 Å². The Morgan fingerprint density at radius 3 is 2.07 bits per heavy atom. The molecule has 0 aliphatic heterocycles. The van der Waals surface area contributed by atoms with Crippen LogP contribution in [0.25, 0.3) is 0 Å². The predicted octanol–water partition coefficient (Wildman–Crippen LogP) is 2.58. The van der Waals surface area contributed by atoms with Gasteiger partial charge < -0.3 is 5.32 Å². The highest BCUT2D eigenvalue weighted by atomic mass is 19.3. The lowest BCUT2D eigenvalue weighted by Gasteiger charge is -2.50. The number of carbonyl (C=O) groups excluding carboxylic acids is 1. The van der Waals surface area contributed by atoms with E-state index in [1.165, 1.54) is 7.05 Å². The molecule has 0 heterocycles. The average molecular weight is 219 g/mol. The molecule has 0 saturated heterocycles. The summed E-state index contributed by atoms with van der Waals surface area (Å²) in [5.41, 5.74) is -0.818. The van der Waals surface area contributed by atoms with Crippen molar-refractivity contribution < 1.29 is 13.6 Å². The highest BCUT2D eigenvalue weighted by molar-refractivity contribution is 5.84. The van der Waals surface area contributed by atoms with Crippen LogP contribution in [0.5, 0.6) is 0 Å². The van der Waals surface area contributed by atoms with E-state index in [4.69, 9.17) is 0 Å². The van der Waals surface area contributed by atoms with Gasteiger partial charge in [-0.15, -0.1) is 0 Å². The van der Waals surface area contributed by atoms with Crippen LogP contribution >= 0.6 is 0 Å². The molecule has 88 valence electrons. The molecule has 1 N–H and O–H groups in total. The molecule has 0 aromatic heterocycles. The van der Waals surface area contributed by atoms with Crippen molar-refractivity contribution in [2.45, 2.75) is 45.5 Å². The van der Waals surface area contributed by atoms with Crippen LogP contribution in [-0.2, 0) is 4.79 Å². The van der Waals surface area contributed by atoms with Crippen LogP contribution in [0.1, 0.15) is 39.5 Å². The van der Waals surface area contributed by atoms with Gasteiger partial charge in [0, 0.05) is 19.9 Å². The Bertz CT molecular complexity index is 241. The molecule has 0 bridgehead atoms. The average Bonchev–Trinajstić information content (AvgIpc) is 2.15. The molecule has 1 saturated carbocycles. The Morgan fingerprint density at radius 1 is 1.33 bits per heavy atom. The van der Waals surface area contributed by atoms with E-state index < -0.39 is 11.3 Å². The molecule has 0 unspecified atom stereocenters. The third-order valence-electron chi connectivity index (χ3n) is 3.59. The summed E-state index contributed by atoms with van der Waals surface area (Å²) < 4.78 is 26.0. The minimum absolute atomic E-state index is 0.0667. The fraction of sp³-hybridized carbons (Fsp3) is 0.909. The monoisotopic (exact) mass is 219 g/mol. The molecule has 2 nitrogen and oxygen atoms in total. The Kier molecular flexibility index (Phi) is 3.36. The van der Waals surface area contributed by atoms with Crippen LogP contribution < -0.4 is 5.32 Å². The summed E-state index contributed by atoms with van der Waals surface area (Å²) in [5.74, 6) is -2.80. The van der Waals surface area contributed by atoms with Gasteiger partial charge in [0.2, 0.25) is 11.8 Å². The molecule has 0 spiro atoms. The lowest BCUT2D eigenvalue weighted by atomic mass is 9.57. The van der Waals surface area contributed by atoms with E-state index >= 15 is 0 Å². The van der Waals surface area contributed by atoms with Crippen molar-refractivity contribution in [1.82, 2.24) is 5.32 Å². The summed E-state index contributed by atoms with van der Waals surface area (Å²) in [6.07, 6.45) is 0.984. The second-order valence-corrected chi connectivity index (χ2v) is 4.46. The van der Waals surface area contributed by atoms with Crippen molar-refractivity contribution in [2.24, 2.45) is 11.3 Å². The lowest BCUT2D eigenvalue weighted by molar-refractivity contribution is -0.193. The van der Waals surface area contributed by atoms with E-state index in [1.807, 2.05) is 13.8 Å². The third kappa shape index (κ3) is 1.99. The zero-order chi connectivity index (χ0) is 11.7. The maximum Gasteiger partial charge on any atom is 0.250 e. The third-order valence-corrected chi connectivity index (χ3v) is 3.59. The number of hydrogen-bond acceptors (Lipinski definition) is 1. The zero-order valence-corrected chi connectivity index (χ0v) is 9.57. The van der Waals surface area contributed by atoms with E-state index in [1.54, 1.807) is 0 Å². The van der Waals surface area contributed by atoms with Crippen LogP contribution in [0.15, 0.2) is 0 Å². The summed E-state index contributed by atoms with van der Waals surface area (Å²) in [6, 6.07) is 0. The molecule has 1 aliphatic carbocycles. The highest BCUT2D eigenvalue weighted by Gasteiger charge is 2.62. The van der Waals surface area contributed by atoms with Crippen molar-refractivity contribution in [3.8, 4) is 0 Å². The van der Waals surface area contributed by atoms with Gasteiger partial charge in [0.05, 0.1) is 5.41 Å². The number of halogens is 2. The van der Waals surface area contributed by atoms with Gasteiger partial charge in [0.15, 0.2) is 0 Å². The van der Waals surface area contributed by atoms with Gasteiger partial charge in [-0.3, -0.25) is 4.79 Å². The zero-order valence-electron chi connectivity index (χ0n) is 9.57. The second kappa shape index (κ2) is 4.06. The molecule has 0 radical (unpaired) electrons. The molecule has 0 aromatic rings. The smallest absolute Gasteiger partial charge is 0.250 e. The first kappa shape index (κ1) is 12.4. The first-order chi connectivity index (χ1) is 6.91. The minimum Gasteiger partial charge on any atom is -0.359 e. The molecular weight excluding hydrogens is 200 g/mol. The predicted molar refractivity (Wildman–Crippen MR) is 54.8 cm³/mol. The Balaban J connectivity index is 2.85. The molecule has 0 atom stereocenters. The van der Waals surface area contributed by atoms with E-state index in [2.05, 4.69) is 5.32 Å². The maximum atomic E-state index is 13.0. The van der Waals surface area contributed by atoms with Crippen molar-refractivity contribution in [3.05, 3.63) is 0 Å². The van der Waals surface area contributed by atoms with Crippen molar-refractivity contribution in [3.63, 3.8) is 0 Å². The van der Waals surface area contributed by atoms with Gasteiger partial charge in [0.1, 0.15) is 0 Å². The van der Waals surface area contributed by atoms with Gasteiger partial charge >= 0.3 is 0 Å². The molecule has 15 heavy (non-hydrogen) atoms. The summed E-state index contributed by atoms with van der Waals surface area (Å²) in [6.45, 7) is 3.91. The molecule has 1 aliphatic rings. The second-order valence-electron chi connectivity index (χ2n) is 4.46. The molecule has 1 amide bonds. The van der Waals surface area contributed by atoms with E-state index in [0.717, 1.165) is 12.8 Å². The van der Waals surface area contributed by atoms with Gasteiger partial charge in [-0.05, 0) is 5.92 Å². The lowest BCUT2D eigenvalue weighted by Crippen LogP contribution is -2.58. The van der Waals surface area contributed by atoms with Crippen molar-refractivity contribution in [1.29, 1.82) is 0 Å². The highest BCUT2D eigenvalue weighted by Crippen LogP contribution is 2.57. The van der Waals surface area contributed by atoms with Crippen LogP contribution in [0.3, 0.4) is 0 Å². The topological polar surface area (TPSA) is 29.1 Å². The molecule has 0 aromatic carbocycles. The van der Waals surface area contributed by atoms with E-state index in [9.17, 15) is 13.6 Å². The first-order valence-corrected chi connectivity index (χ1v) is 5.52. The van der Waals surface area contributed by atoms with Crippen LogP contribution in [0.2, 0.25) is 0 Å². The summed E-state index contributed by atoms with van der Waals surface area (Å²) in [5, 5.41) is 2.52. The van der Waals surface area contributed by atoms with Crippen molar-refractivity contribution in [2.75, 3.05) is 7.05 Å². The quantitative estimate of drug-likeness (QED) is 0.773. The summed E-state index contributed by atoms with van der Waals surface area (Å²) in [7, 11) is 1.52. The van der Waals surface area contributed by atoms with E-state index in [-0.39, 0.29) is 24.7 Å². The van der Waals surface area contributed by atoms with Gasteiger partial charge in [-0.1, -0.05) is 26.7 Å². The van der Waals surface area contributed by atoms with Gasteiger partial charge in [-0.25, -0.2) is 8.78 Å². The molecule has 1 rings (SSSR count). The number of hydrogen-bond donors (Lipinski definition) is 1. The Labute approximate surface area is 89.4 Å². The number of alkyl halides is 2. The number of carbonyl (C=O) groups is 1. The van der Waals surface area contributed by atoms with Crippen LogP contribution in [-0.4, -0.2) is 18.9 Å². The van der Waals surface area contributed by atoms with Gasteiger partial charge in [0.25, 0.3) is 0 Å². The molecule has 1 fully saturated rings. The normalized spacial score (nSPS) is 22.3. The maximum absolute atomic E-state index is 13.0. The SMILES string of the molecule is CCC(CC)C1(C(=O)NC)CC(F)(F)C1. The molecule has 4 heteroatoms. The fourth-order valence-electron chi connectivity index (χ4n) is 2.82. The number of amides is 1. The standard InChI is InChI=1S/C11H19F2NO/c1-4-8(5-2)10(9(15)14-3)6-11(12,13)7-10/h8H,4-7H2,1-3H3,(H,14,15). The minimum atomic E-state index is -2.64. The largest absolute Gasteiger partial charge is 0.359 e. The van der Waals surface area contributed by atoms with Crippen molar-refractivity contribution >= 4 is 5.91 Å². The summed E-state index contributed by atoms with van der Waals surface area (Å²) in [4.78, 5) is 11.7. The molecular formula is C11H19F2NO.